The Labute approximate surface area is 154 Å². The predicted octanol–water partition coefficient (Wildman–Crippen LogP) is 1.94. The van der Waals surface area contributed by atoms with Gasteiger partial charge in [0.1, 0.15) is 0 Å². The number of esters is 1. The van der Waals surface area contributed by atoms with E-state index in [0.717, 1.165) is 11.8 Å². The van der Waals surface area contributed by atoms with Crippen LogP contribution in [0.3, 0.4) is 0 Å². The van der Waals surface area contributed by atoms with Crippen molar-refractivity contribution in [1.29, 1.82) is 0 Å². The van der Waals surface area contributed by atoms with Crippen LogP contribution in [0.4, 0.5) is 5.69 Å². The highest BCUT2D eigenvalue weighted by molar-refractivity contribution is 8.00. The average Bonchev–Trinajstić information content (AvgIpc) is 2.61. The van der Waals surface area contributed by atoms with Crippen molar-refractivity contribution >= 4 is 29.3 Å². The van der Waals surface area contributed by atoms with Gasteiger partial charge in [0.05, 0.1) is 23.5 Å². The maximum absolute atomic E-state index is 12.3. The highest BCUT2D eigenvalue weighted by Crippen LogP contribution is 2.22. The number of hydrogen-bond donors (Lipinski definition) is 3. The minimum atomic E-state index is -0.578. The van der Waals surface area contributed by atoms with Gasteiger partial charge in [-0.2, -0.15) is 4.98 Å². The molecule has 1 amide bonds. The van der Waals surface area contributed by atoms with E-state index in [1.54, 1.807) is 38.1 Å². The fourth-order valence-corrected chi connectivity index (χ4v) is 2.90. The van der Waals surface area contributed by atoms with Gasteiger partial charge in [-0.15, -0.1) is 0 Å². The Morgan fingerprint density at radius 2 is 2.00 bits per heavy atom. The second-order valence-corrected chi connectivity index (χ2v) is 6.67. The van der Waals surface area contributed by atoms with E-state index in [2.05, 4.69) is 20.0 Å². The average molecular weight is 377 g/mol. The molecule has 0 saturated carbocycles. The molecule has 9 heteroatoms. The number of methoxy groups -OCH3 is 1. The minimum Gasteiger partial charge on any atom is -0.493 e. The molecular weight excluding hydrogens is 358 g/mol. The molecule has 8 nitrogen and oxygen atoms in total. The highest BCUT2D eigenvalue weighted by Gasteiger charge is 2.18. The van der Waals surface area contributed by atoms with Gasteiger partial charge in [-0.3, -0.25) is 9.59 Å². The van der Waals surface area contributed by atoms with Crippen LogP contribution in [0.1, 0.15) is 29.8 Å². The Hall–Kier alpha value is -2.81. The van der Waals surface area contributed by atoms with Gasteiger partial charge in [0.2, 0.25) is 11.8 Å². The van der Waals surface area contributed by atoms with Gasteiger partial charge >= 0.3 is 5.97 Å². The molecule has 1 atom stereocenters. The molecule has 0 bridgehead atoms. The molecule has 1 heterocycles. The lowest BCUT2D eigenvalue weighted by atomic mass is 10.2. The smallest absolute Gasteiger partial charge is 0.337 e. The first-order valence-electron chi connectivity index (χ1n) is 7.83. The zero-order chi connectivity index (χ0) is 19.3. The summed E-state index contributed by atoms with van der Waals surface area (Å²) in [5.74, 6) is -1.11. The number of benzene rings is 1. The number of aromatic hydroxyl groups is 1. The summed E-state index contributed by atoms with van der Waals surface area (Å²) in [6.07, 6.45) is 0.358. The van der Waals surface area contributed by atoms with E-state index in [-0.39, 0.29) is 22.5 Å². The summed E-state index contributed by atoms with van der Waals surface area (Å²) in [6.45, 7) is 3.38. The van der Waals surface area contributed by atoms with Gasteiger partial charge < -0.3 is 20.1 Å². The van der Waals surface area contributed by atoms with E-state index in [1.165, 1.54) is 7.11 Å². The number of carbonyl (C=O) groups is 2. The molecule has 3 N–H and O–H groups in total. The number of hydrogen-bond acceptors (Lipinski definition) is 7. The Morgan fingerprint density at radius 3 is 2.54 bits per heavy atom. The number of H-pyrrole nitrogens is 1. The molecule has 1 aromatic carbocycles. The van der Waals surface area contributed by atoms with Gasteiger partial charge in [-0.05, 0) is 37.6 Å². The molecule has 0 aliphatic carbocycles. The van der Waals surface area contributed by atoms with E-state index in [1.807, 2.05) is 0 Å². The molecule has 0 aliphatic heterocycles. The van der Waals surface area contributed by atoms with Gasteiger partial charge in [0.15, 0.2) is 5.16 Å². The molecule has 0 saturated heterocycles. The minimum absolute atomic E-state index is 0.161. The standard InChI is InChI=1S/C17H19N3O5S/c1-4-12-14(22)19-17(20-15(12)23)26-9(2)13(21)18-11-7-5-10(6-8-11)16(24)25-3/h5-9H,4H2,1-3H3,(H,18,21)(H2,19,20,22,23). The third-order valence-electron chi connectivity index (χ3n) is 3.56. The van der Waals surface area contributed by atoms with Crippen LogP contribution < -0.4 is 10.9 Å². The number of carbonyl (C=O) groups excluding carboxylic acids is 2. The van der Waals surface area contributed by atoms with Gasteiger partial charge in [-0.1, -0.05) is 18.7 Å². The van der Waals surface area contributed by atoms with Crippen LogP contribution >= 0.6 is 11.8 Å². The van der Waals surface area contributed by atoms with Crippen LogP contribution in [0.2, 0.25) is 0 Å². The number of amides is 1. The zero-order valence-corrected chi connectivity index (χ0v) is 15.3. The first kappa shape index (κ1) is 19.5. The van der Waals surface area contributed by atoms with Crippen molar-refractivity contribution in [2.45, 2.75) is 30.7 Å². The summed E-state index contributed by atoms with van der Waals surface area (Å²) in [4.78, 5) is 42.0. The second-order valence-electron chi connectivity index (χ2n) is 5.35. The molecule has 0 spiro atoms. The molecule has 1 aromatic heterocycles. The SMILES string of the molecule is CCc1c(O)nc(SC(C)C(=O)Nc2ccc(C(=O)OC)cc2)[nH]c1=O. The van der Waals surface area contributed by atoms with E-state index in [9.17, 15) is 19.5 Å². The summed E-state index contributed by atoms with van der Waals surface area (Å²) < 4.78 is 4.61. The molecule has 2 rings (SSSR count). The van der Waals surface area contributed by atoms with Gasteiger partial charge in [0, 0.05) is 5.69 Å². The second kappa shape index (κ2) is 8.52. The largest absolute Gasteiger partial charge is 0.493 e. The topological polar surface area (TPSA) is 121 Å². The number of nitrogens with zero attached hydrogens (tertiary/aromatic N) is 1. The number of ether oxygens (including phenoxy) is 1. The summed E-state index contributed by atoms with van der Waals surface area (Å²) in [6, 6.07) is 6.26. The molecule has 1 unspecified atom stereocenters. The number of thioether (sulfide) groups is 1. The summed E-state index contributed by atoms with van der Waals surface area (Å²) in [7, 11) is 1.29. The van der Waals surface area contributed by atoms with Crippen LogP contribution in [0.15, 0.2) is 34.2 Å². The zero-order valence-electron chi connectivity index (χ0n) is 14.5. The summed E-state index contributed by atoms with van der Waals surface area (Å²) in [5.41, 5.74) is 0.674. The van der Waals surface area contributed by atoms with Crippen LogP contribution in [-0.2, 0) is 16.0 Å². The Morgan fingerprint density at radius 1 is 1.35 bits per heavy atom. The molecule has 138 valence electrons. The molecule has 2 aromatic rings. The lowest BCUT2D eigenvalue weighted by Gasteiger charge is -2.12. The van der Waals surface area contributed by atoms with Crippen LogP contribution in [0, 0.1) is 0 Å². The highest BCUT2D eigenvalue weighted by atomic mass is 32.2. The predicted molar refractivity (Wildman–Crippen MR) is 97.6 cm³/mol. The lowest BCUT2D eigenvalue weighted by Crippen LogP contribution is -2.23. The third-order valence-corrected chi connectivity index (χ3v) is 4.54. The fraction of sp³-hybridized carbons (Fsp3) is 0.294. The number of nitrogens with one attached hydrogen (secondary N) is 2. The monoisotopic (exact) mass is 377 g/mol. The first-order chi connectivity index (χ1) is 12.3. The fourth-order valence-electron chi connectivity index (χ4n) is 2.11. The lowest BCUT2D eigenvalue weighted by molar-refractivity contribution is -0.115. The first-order valence-corrected chi connectivity index (χ1v) is 8.71. The molecule has 26 heavy (non-hydrogen) atoms. The van der Waals surface area contributed by atoms with E-state index in [0.29, 0.717) is 17.7 Å². The van der Waals surface area contributed by atoms with Crippen molar-refractivity contribution in [2.75, 3.05) is 12.4 Å². The third kappa shape index (κ3) is 4.63. The van der Waals surface area contributed by atoms with E-state index in [4.69, 9.17) is 0 Å². The van der Waals surface area contributed by atoms with Crippen molar-refractivity contribution in [3.8, 4) is 5.88 Å². The summed E-state index contributed by atoms with van der Waals surface area (Å²) in [5, 5.41) is 12.1. The van der Waals surface area contributed by atoms with Gasteiger partial charge in [-0.25, -0.2) is 4.79 Å². The Bertz CT molecular complexity index is 864. The maximum atomic E-state index is 12.3. The van der Waals surface area contributed by atoms with Crippen molar-refractivity contribution in [3.05, 3.63) is 45.7 Å². The molecular formula is C17H19N3O5S. The van der Waals surface area contributed by atoms with Crippen molar-refractivity contribution in [1.82, 2.24) is 9.97 Å². The normalized spacial score (nSPS) is 11.7. The van der Waals surface area contributed by atoms with Crippen molar-refractivity contribution in [2.24, 2.45) is 0 Å². The van der Waals surface area contributed by atoms with Crippen LogP contribution in [0.25, 0.3) is 0 Å². The molecule has 0 radical (unpaired) electrons. The van der Waals surface area contributed by atoms with Crippen LogP contribution in [-0.4, -0.2) is 39.3 Å². The van der Waals surface area contributed by atoms with E-state index < -0.39 is 16.8 Å². The quantitative estimate of drug-likeness (QED) is 0.399. The number of aromatic amines is 1. The van der Waals surface area contributed by atoms with E-state index >= 15 is 0 Å². The van der Waals surface area contributed by atoms with Crippen molar-refractivity contribution in [3.63, 3.8) is 0 Å². The van der Waals surface area contributed by atoms with Crippen LogP contribution in [0.5, 0.6) is 5.88 Å². The Kier molecular flexibility index (Phi) is 6.40. The number of rotatable bonds is 6. The Balaban J connectivity index is 2.04. The molecule has 0 aliphatic rings. The summed E-state index contributed by atoms with van der Waals surface area (Å²) >= 11 is 1.02. The number of aromatic nitrogens is 2. The van der Waals surface area contributed by atoms with Gasteiger partial charge in [0.25, 0.3) is 5.56 Å². The number of anilines is 1. The van der Waals surface area contributed by atoms with Crippen molar-refractivity contribution < 1.29 is 19.4 Å². The molecule has 0 fully saturated rings. The maximum Gasteiger partial charge on any atom is 0.337 e.